The Morgan fingerprint density at radius 1 is 0.900 bits per heavy atom. The van der Waals surface area contributed by atoms with Crippen LogP contribution in [-0.4, -0.2) is 0 Å². The summed E-state index contributed by atoms with van der Waals surface area (Å²) in [6.07, 6.45) is 7.12. The van der Waals surface area contributed by atoms with E-state index in [2.05, 4.69) is 19.1 Å². The molecule has 0 amide bonds. The fraction of sp³-hybridized carbons (Fsp3) is 0.800. The fourth-order valence-corrected chi connectivity index (χ4v) is 0.753. The molecule has 0 aromatic heterocycles. The Morgan fingerprint density at radius 2 is 1.20 bits per heavy atom. The van der Waals surface area contributed by atoms with Gasteiger partial charge in [-0.05, 0) is 18.8 Å². The van der Waals surface area contributed by atoms with Gasteiger partial charge in [0.1, 0.15) is 0 Å². The summed E-state index contributed by atoms with van der Waals surface area (Å²) < 4.78 is 0. The molecule has 62 valence electrons. The lowest BCUT2D eigenvalue weighted by Crippen LogP contribution is -1.79. The Bertz CT molecular complexity index is 54.4. The van der Waals surface area contributed by atoms with Gasteiger partial charge in [-0.25, -0.2) is 0 Å². The molecule has 0 aliphatic heterocycles. The van der Waals surface area contributed by atoms with Crippen molar-refractivity contribution in [2.45, 2.75) is 47.5 Å². The highest BCUT2D eigenvalue weighted by molar-refractivity contribution is 4.92. The first kappa shape index (κ1) is 12.4. The van der Waals surface area contributed by atoms with E-state index < -0.39 is 0 Å². The van der Waals surface area contributed by atoms with Gasteiger partial charge in [-0.1, -0.05) is 46.8 Å². The van der Waals surface area contributed by atoms with Crippen LogP contribution in [0.15, 0.2) is 12.2 Å². The highest BCUT2D eigenvalue weighted by atomic mass is 14.1. The topological polar surface area (TPSA) is 0 Å². The third-order valence-electron chi connectivity index (χ3n) is 1.24. The molecular weight excluding hydrogens is 120 g/mol. The van der Waals surface area contributed by atoms with Gasteiger partial charge >= 0.3 is 0 Å². The van der Waals surface area contributed by atoms with E-state index in [9.17, 15) is 0 Å². The van der Waals surface area contributed by atoms with Gasteiger partial charge in [0.25, 0.3) is 0 Å². The summed E-state index contributed by atoms with van der Waals surface area (Å²) in [5.74, 6) is 0.935. The van der Waals surface area contributed by atoms with Crippen LogP contribution in [0.5, 0.6) is 0 Å². The zero-order valence-corrected chi connectivity index (χ0v) is 8.15. The quantitative estimate of drug-likeness (QED) is 0.448. The second-order valence-electron chi connectivity index (χ2n) is 2.05. The van der Waals surface area contributed by atoms with Crippen LogP contribution in [0.3, 0.4) is 0 Å². The first-order valence-corrected chi connectivity index (χ1v) is 4.54. The molecule has 0 aromatic rings. The third kappa shape index (κ3) is 7.74. The third-order valence-corrected chi connectivity index (χ3v) is 1.24. The number of rotatable bonds is 0. The lowest BCUT2D eigenvalue weighted by Gasteiger charge is -1.92. The first-order chi connectivity index (χ1) is 4.89. The molecule has 0 nitrogen and oxygen atoms in total. The number of hydrogen-bond acceptors (Lipinski definition) is 0. The van der Waals surface area contributed by atoms with Crippen molar-refractivity contribution in [3.05, 3.63) is 12.2 Å². The average Bonchev–Trinajstić information content (AvgIpc) is 2.48. The maximum atomic E-state index is 2.28. The molecule has 10 heavy (non-hydrogen) atoms. The van der Waals surface area contributed by atoms with Crippen molar-refractivity contribution in [2.75, 3.05) is 0 Å². The van der Waals surface area contributed by atoms with Crippen LogP contribution in [0.1, 0.15) is 47.5 Å². The van der Waals surface area contributed by atoms with Gasteiger partial charge in [-0.15, -0.1) is 0 Å². The van der Waals surface area contributed by atoms with Gasteiger partial charge in [0.15, 0.2) is 0 Å². The SMILES string of the molecule is CC.CC.CC1CC=CC1. The summed E-state index contributed by atoms with van der Waals surface area (Å²) in [5, 5.41) is 0. The van der Waals surface area contributed by atoms with Crippen molar-refractivity contribution < 1.29 is 0 Å². The Hall–Kier alpha value is -0.260. The van der Waals surface area contributed by atoms with Crippen molar-refractivity contribution in [1.29, 1.82) is 0 Å². The molecule has 0 saturated carbocycles. The van der Waals surface area contributed by atoms with Crippen molar-refractivity contribution in [3.8, 4) is 0 Å². The molecule has 0 unspecified atom stereocenters. The molecule has 1 rings (SSSR count). The van der Waals surface area contributed by atoms with Gasteiger partial charge in [0, 0.05) is 0 Å². The van der Waals surface area contributed by atoms with Crippen molar-refractivity contribution in [1.82, 2.24) is 0 Å². The maximum Gasteiger partial charge on any atom is -0.0322 e. The highest BCUT2D eigenvalue weighted by Crippen LogP contribution is 2.15. The molecule has 0 bridgehead atoms. The largest absolute Gasteiger partial charge is 0.0883 e. The van der Waals surface area contributed by atoms with E-state index in [-0.39, 0.29) is 0 Å². The van der Waals surface area contributed by atoms with Gasteiger partial charge in [0.2, 0.25) is 0 Å². The van der Waals surface area contributed by atoms with E-state index in [0.717, 1.165) is 5.92 Å². The van der Waals surface area contributed by atoms with E-state index in [1.165, 1.54) is 12.8 Å². The second-order valence-corrected chi connectivity index (χ2v) is 2.05. The zero-order chi connectivity index (χ0) is 8.41. The summed E-state index contributed by atoms with van der Waals surface area (Å²) >= 11 is 0. The van der Waals surface area contributed by atoms with Crippen LogP contribution in [0.2, 0.25) is 0 Å². The molecule has 0 N–H and O–H groups in total. The average molecular weight is 142 g/mol. The maximum absolute atomic E-state index is 2.28. The van der Waals surface area contributed by atoms with Crippen LogP contribution in [-0.2, 0) is 0 Å². The Labute approximate surface area is 66.3 Å². The van der Waals surface area contributed by atoms with E-state index in [1.807, 2.05) is 27.7 Å². The molecule has 0 aromatic carbocycles. The summed E-state index contributed by atoms with van der Waals surface area (Å²) in [4.78, 5) is 0. The van der Waals surface area contributed by atoms with Gasteiger partial charge in [-0.2, -0.15) is 0 Å². The molecule has 1 aliphatic rings. The van der Waals surface area contributed by atoms with E-state index in [0.29, 0.717) is 0 Å². The van der Waals surface area contributed by atoms with Crippen LogP contribution < -0.4 is 0 Å². The Balaban J connectivity index is 0. The normalized spacial score (nSPS) is 14.9. The Morgan fingerprint density at radius 3 is 1.30 bits per heavy atom. The summed E-state index contributed by atoms with van der Waals surface area (Å²) in [6.45, 7) is 10.3. The van der Waals surface area contributed by atoms with Gasteiger partial charge < -0.3 is 0 Å². The number of allylic oxidation sites excluding steroid dienone is 2. The minimum atomic E-state index is 0.935. The van der Waals surface area contributed by atoms with Gasteiger partial charge in [-0.3, -0.25) is 0 Å². The molecule has 0 heterocycles. The zero-order valence-electron chi connectivity index (χ0n) is 8.15. The molecule has 0 atom stereocenters. The Kier molecular flexibility index (Phi) is 14.3. The van der Waals surface area contributed by atoms with Crippen LogP contribution in [0.4, 0.5) is 0 Å². The van der Waals surface area contributed by atoms with Crippen LogP contribution in [0, 0.1) is 5.92 Å². The predicted molar refractivity (Wildman–Crippen MR) is 50.2 cm³/mol. The molecule has 1 aliphatic carbocycles. The molecule has 0 radical (unpaired) electrons. The second kappa shape index (κ2) is 11.5. The van der Waals surface area contributed by atoms with Crippen molar-refractivity contribution in [3.63, 3.8) is 0 Å². The minimum absolute atomic E-state index is 0.935. The molecule has 0 heteroatoms. The van der Waals surface area contributed by atoms with Crippen molar-refractivity contribution in [2.24, 2.45) is 5.92 Å². The summed E-state index contributed by atoms with van der Waals surface area (Å²) in [5.41, 5.74) is 0. The van der Waals surface area contributed by atoms with E-state index in [4.69, 9.17) is 0 Å². The fourth-order valence-electron chi connectivity index (χ4n) is 0.753. The van der Waals surface area contributed by atoms with Crippen LogP contribution in [0.25, 0.3) is 0 Å². The summed E-state index contributed by atoms with van der Waals surface area (Å²) in [7, 11) is 0. The summed E-state index contributed by atoms with van der Waals surface area (Å²) in [6, 6.07) is 0. The number of hydrogen-bond donors (Lipinski definition) is 0. The van der Waals surface area contributed by atoms with Gasteiger partial charge in [0.05, 0.1) is 0 Å². The molecule has 0 spiro atoms. The minimum Gasteiger partial charge on any atom is -0.0883 e. The van der Waals surface area contributed by atoms with Crippen LogP contribution >= 0.6 is 0 Å². The van der Waals surface area contributed by atoms with E-state index in [1.54, 1.807) is 0 Å². The standard InChI is InChI=1S/C6H10.2C2H6/c1-6-4-2-3-5-6;2*1-2/h2-3,6H,4-5H2,1H3;2*1-2H3. The molecule has 0 saturated heterocycles. The lowest BCUT2D eigenvalue weighted by molar-refractivity contribution is 0.638. The predicted octanol–water partition coefficient (Wildman–Crippen LogP) is 4.02. The first-order valence-electron chi connectivity index (χ1n) is 4.54. The molecule has 0 fully saturated rings. The smallest absolute Gasteiger partial charge is 0.0322 e. The van der Waals surface area contributed by atoms with E-state index >= 15 is 0 Å². The monoisotopic (exact) mass is 142 g/mol. The lowest BCUT2D eigenvalue weighted by atomic mass is 10.1. The highest BCUT2D eigenvalue weighted by Gasteiger charge is 1.99. The molecular formula is C10H22. The van der Waals surface area contributed by atoms with Crippen molar-refractivity contribution >= 4 is 0 Å².